The second-order valence-corrected chi connectivity index (χ2v) is 6.21. The van der Waals surface area contributed by atoms with Crippen molar-refractivity contribution in [2.75, 3.05) is 33.0 Å². The first-order chi connectivity index (χ1) is 8.39. The molecule has 0 amide bonds. The van der Waals surface area contributed by atoms with Crippen molar-refractivity contribution < 1.29 is 13.2 Å². The van der Waals surface area contributed by atoms with Crippen LogP contribution in [0.3, 0.4) is 0 Å². The zero-order valence-corrected chi connectivity index (χ0v) is 11.8. The van der Waals surface area contributed by atoms with Crippen LogP contribution >= 0.6 is 0 Å². The molecule has 1 aromatic rings. The lowest BCUT2D eigenvalue weighted by Gasteiger charge is -2.18. The van der Waals surface area contributed by atoms with Crippen LogP contribution in [0.15, 0.2) is 23.1 Å². The highest BCUT2D eigenvalue weighted by Gasteiger charge is 2.22. The summed E-state index contributed by atoms with van der Waals surface area (Å²) in [5.41, 5.74) is 6.84. The molecule has 0 aliphatic carbocycles. The summed E-state index contributed by atoms with van der Waals surface area (Å²) in [6.07, 6.45) is 0.667. The number of sulfonamides is 1. The molecule has 0 aliphatic heterocycles. The number of hydrogen-bond donors (Lipinski definition) is 1. The molecule has 0 aliphatic rings. The number of ether oxygens (including phenoxy) is 1. The van der Waals surface area contributed by atoms with Gasteiger partial charge in [-0.05, 0) is 37.1 Å². The fourth-order valence-corrected chi connectivity index (χ4v) is 3.09. The van der Waals surface area contributed by atoms with E-state index in [0.717, 1.165) is 0 Å². The number of anilines is 1. The molecule has 0 unspecified atom stereocenters. The zero-order chi connectivity index (χ0) is 13.8. The van der Waals surface area contributed by atoms with Gasteiger partial charge >= 0.3 is 0 Å². The summed E-state index contributed by atoms with van der Waals surface area (Å²) < 4.78 is 30.9. The van der Waals surface area contributed by atoms with Gasteiger partial charge in [0.1, 0.15) is 0 Å². The summed E-state index contributed by atoms with van der Waals surface area (Å²) in [6, 6.07) is 4.81. The Morgan fingerprint density at radius 1 is 1.39 bits per heavy atom. The Labute approximate surface area is 109 Å². The lowest BCUT2D eigenvalue weighted by Crippen LogP contribution is -2.29. The summed E-state index contributed by atoms with van der Waals surface area (Å²) in [6.45, 7) is 2.72. The van der Waals surface area contributed by atoms with E-state index in [2.05, 4.69) is 0 Å². The molecule has 6 heteroatoms. The maximum Gasteiger partial charge on any atom is 0.243 e. The van der Waals surface area contributed by atoms with Crippen molar-refractivity contribution in [3.05, 3.63) is 23.8 Å². The van der Waals surface area contributed by atoms with Gasteiger partial charge in [0.2, 0.25) is 10.0 Å². The highest BCUT2D eigenvalue weighted by molar-refractivity contribution is 7.89. The fourth-order valence-electron chi connectivity index (χ4n) is 1.68. The van der Waals surface area contributed by atoms with Crippen LogP contribution in [0.5, 0.6) is 0 Å². The van der Waals surface area contributed by atoms with E-state index in [1.54, 1.807) is 39.3 Å². The summed E-state index contributed by atoms with van der Waals surface area (Å²) in [4.78, 5) is 0.302. The van der Waals surface area contributed by atoms with Gasteiger partial charge in [0, 0.05) is 33.0 Å². The Balaban J connectivity index is 2.91. The van der Waals surface area contributed by atoms with Crippen LogP contribution in [-0.4, -0.2) is 40.0 Å². The number of methoxy groups -OCH3 is 1. The van der Waals surface area contributed by atoms with Crippen LogP contribution in [0.2, 0.25) is 0 Å². The Hall–Kier alpha value is -1.11. The molecule has 2 N–H and O–H groups in total. The number of hydrogen-bond acceptors (Lipinski definition) is 4. The summed E-state index contributed by atoms with van der Waals surface area (Å²) in [5, 5.41) is 0. The number of nitrogens with two attached hydrogens (primary N) is 1. The van der Waals surface area contributed by atoms with Gasteiger partial charge in [-0.25, -0.2) is 12.7 Å². The largest absolute Gasteiger partial charge is 0.399 e. The Kier molecular flexibility index (Phi) is 5.13. The minimum absolute atomic E-state index is 0.302. The van der Waals surface area contributed by atoms with Crippen molar-refractivity contribution in [2.45, 2.75) is 18.2 Å². The Morgan fingerprint density at radius 2 is 2.06 bits per heavy atom. The number of aryl methyl sites for hydroxylation is 1. The van der Waals surface area contributed by atoms with Crippen molar-refractivity contribution in [3.63, 3.8) is 0 Å². The first-order valence-electron chi connectivity index (χ1n) is 5.71. The van der Waals surface area contributed by atoms with Crippen molar-refractivity contribution in [3.8, 4) is 0 Å². The number of benzene rings is 1. The first-order valence-corrected chi connectivity index (χ1v) is 7.15. The second kappa shape index (κ2) is 6.17. The molecule has 102 valence electrons. The smallest absolute Gasteiger partial charge is 0.243 e. The average Bonchev–Trinajstić information content (AvgIpc) is 2.28. The summed E-state index contributed by atoms with van der Waals surface area (Å²) >= 11 is 0. The topological polar surface area (TPSA) is 72.6 Å². The zero-order valence-electron chi connectivity index (χ0n) is 11.0. The van der Waals surface area contributed by atoms with Gasteiger partial charge < -0.3 is 10.5 Å². The molecule has 0 aromatic heterocycles. The van der Waals surface area contributed by atoms with Crippen LogP contribution < -0.4 is 5.73 Å². The predicted octanol–water partition coefficient (Wildman–Crippen LogP) is 1.23. The number of nitrogens with zero attached hydrogens (tertiary/aromatic N) is 1. The number of rotatable bonds is 6. The van der Waals surface area contributed by atoms with Crippen molar-refractivity contribution in [2.24, 2.45) is 0 Å². The van der Waals surface area contributed by atoms with E-state index in [4.69, 9.17) is 10.5 Å². The van der Waals surface area contributed by atoms with Crippen molar-refractivity contribution >= 4 is 15.7 Å². The molecule has 0 bridgehead atoms. The molecule has 5 nitrogen and oxygen atoms in total. The lowest BCUT2D eigenvalue weighted by molar-refractivity contribution is 0.189. The minimum atomic E-state index is -3.44. The molecule has 0 fully saturated rings. The number of nitrogen functional groups attached to an aromatic ring is 1. The summed E-state index contributed by atoms with van der Waals surface area (Å²) in [7, 11) is -0.279. The minimum Gasteiger partial charge on any atom is -0.399 e. The van der Waals surface area contributed by atoms with E-state index in [9.17, 15) is 8.42 Å². The summed E-state index contributed by atoms with van der Waals surface area (Å²) in [5.74, 6) is 0. The third-order valence-corrected chi connectivity index (χ3v) is 4.73. The quantitative estimate of drug-likeness (QED) is 0.624. The first kappa shape index (κ1) is 14.9. The highest BCUT2D eigenvalue weighted by atomic mass is 32.2. The highest BCUT2D eigenvalue weighted by Crippen LogP contribution is 2.21. The van der Waals surface area contributed by atoms with Gasteiger partial charge in [-0.2, -0.15) is 0 Å². The maximum absolute atomic E-state index is 12.3. The molecule has 0 spiro atoms. The molecular weight excluding hydrogens is 252 g/mol. The SMILES string of the molecule is COCCCN(C)S(=O)(=O)c1ccc(N)cc1C. The molecule has 1 rings (SSSR count). The van der Waals surface area contributed by atoms with E-state index in [1.807, 2.05) is 0 Å². The van der Waals surface area contributed by atoms with Gasteiger partial charge in [0.05, 0.1) is 4.90 Å². The molecular formula is C12H20N2O3S. The van der Waals surface area contributed by atoms with E-state index in [1.165, 1.54) is 4.31 Å². The normalized spacial score (nSPS) is 12.0. The molecule has 0 saturated heterocycles. The van der Waals surface area contributed by atoms with Gasteiger partial charge in [-0.1, -0.05) is 0 Å². The van der Waals surface area contributed by atoms with Crippen molar-refractivity contribution in [1.82, 2.24) is 4.31 Å². The van der Waals surface area contributed by atoms with E-state index < -0.39 is 10.0 Å². The van der Waals surface area contributed by atoms with Crippen LogP contribution in [0.1, 0.15) is 12.0 Å². The molecule has 1 aromatic carbocycles. The Morgan fingerprint density at radius 3 is 2.61 bits per heavy atom. The van der Waals surface area contributed by atoms with E-state index in [-0.39, 0.29) is 0 Å². The van der Waals surface area contributed by atoms with Crippen LogP contribution in [0.25, 0.3) is 0 Å². The van der Waals surface area contributed by atoms with Gasteiger partial charge in [0.15, 0.2) is 0 Å². The third-order valence-electron chi connectivity index (χ3n) is 2.71. The van der Waals surface area contributed by atoms with Gasteiger partial charge in [-0.3, -0.25) is 0 Å². The average molecular weight is 272 g/mol. The van der Waals surface area contributed by atoms with Gasteiger partial charge in [0.25, 0.3) is 0 Å². The maximum atomic E-state index is 12.3. The van der Waals surface area contributed by atoms with Crippen molar-refractivity contribution in [1.29, 1.82) is 0 Å². The predicted molar refractivity (Wildman–Crippen MR) is 71.9 cm³/mol. The van der Waals surface area contributed by atoms with Crippen LogP contribution in [0, 0.1) is 6.92 Å². The molecule has 0 saturated carbocycles. The third kappa shape index (κ3) is 3.44. The van der Waals surface area contributed by atoms with E-state index in [0.29, 0.717) is 35.7 Å². The lowest BCUT2D eigenvalue weighted by atomic mass is 10.2. The molecule has 18 heavy (non-hydrogen) atoms. The van der Waals surface area contributed by atoms with Crippen LogP contribution in [-0.2, 0) is 14.8 Å². The standard InChI is InChI=1S/C12H20N2O3S/c1-10-9-11(13)5-6-12(10)18(15,16)14(2)7-4-8-17-3/h5-6,9H,4,7-8,13H2,1-3H3. The molecule has 0 atom stereocenters. The monoisotopic (exact) mass is 272 g/mol. The van der Waals surface area contributed by atoms with Crippen LogP contribution in [0.4, 0.5) is 5.69 Å². The van der Waals surface area contributed by atoms with E-state index >= 15 is 0 Å². The Bertz CT molecular complexity index is 500. The van der Waals surface area contributed by atoms with Gasteiger partial charge in [-0.15, -0.1) is 0 Å². The molecule has 0 heterocycles. The molecule has 0 radical (unpaired) electrons. The fraction of sp³-hybridized carbons (Fsp3) is 0.500. The second-order valence-electron chi connectivity index (χ2n) is 4.20.